The molecule has 8 heteroatoms. The predicted octanol–water partition coefficient (Wildman–Crippen LogP) is 5.41. The SMILES string of the molecule is O=C(Nc1nc2c(s1)CCCC2C(=O)N1CCCC1CN1CCCC1)Oc1ccc2ccccc2c1. The molecule has 0 saturated carbocycles. The van der Waals surface area contributed by atoms with E-state index in [9.17, 15) is 9.59 Å². The van der Waals surface area contributed by atoms with Gasteiger partial charge in [-0.2, -0.15) is 0 Å². The molecule has 36 heavy (non-hydrogen) atoms. The molecule has 188 valence electrons. The number of amides is 2. The molecule has 2 unspecified atom stereocenters. The molecule has 3 aromatic rings. The molecule has 7 nitrogen and oxygen atoms in total. The van der Waals surface area contributed by atoms with Crippen LogP contribution in [0.4, 0.5) is 9.93 Å². The molecular formula is C28H32N4O3S. The van der Waals surface area contributed by atoms with Gasteiger partial charge in [-0.3, -0.25) is 10.1 Å². The van der Waals surface area contributed by atoms with Crippen molar-refractivity contribution in [1.82, 2.24) is 14.8 Å². The Bertz CT molecular complexity index is 1270. The van der Waals surface area contributed by atoms with Crippen LogP contribution in [-0.4, -0.2) is 59.0 Å². The van der Waals surface area contributed by atoms with Crippen LogP contribution in [0.15, 0.2) is 42.5 Å². The van der Waals surface area contributed by atoms with Crippen LogP contribution in [0.2, 0.25) is 0 Å². The number of aromatic nitrogens is 1. The Balaban J connectivity index is 1.13. The van der Waals surface area contributed by atoms with E-state index in [2.05, 4.69) is 15.1 Å². The van der Waals surface area contributed by atoms with Crippen molar-refractivity contribution < 1.29 is 14.3 Å². The largest absolute Gasteiger partial charge is 0.418 e. The van der Waals surface area contributed by atoms with E-state index in [1.165, 1.54) is 24.2 Å². The third kappa shape index (κ3) is 4.84. The first kappa shape index (κ1) is 23.4. The van der Waals surface area contributed by atoms with Crippen LogP contribution < -0.4 is 10.1 Å². The van der Waals surface area contributed by atoms with Gasteiger partial charge in [0.15, 0.2) is 5.13 Å². The zero-order valence-corrected chi connectivity index (χ0v) is 21.3. The Kier molecular flexibility index (Phi) is 6.63. The summed E-state index contributed by atoms with van der Waals surface area (Å²) in [4.78, 5) is 36.8. The van der Waals surface area contributed by atoms with Crippen molar-refractivity contribution in [3.63, 3.8) is 0 Å². The van der Waals surface area contributed by atoms with E-state index in [4.69, 9.17) is 9.72 Å². The minimum atomic E-state index is -0.565. The molecule has 3 heterocycles. The first-order valence-electron chi connectivity index (χ1n) is 13.1. The number of ether oxygens (including phenoxy) is 1. The maximum absolute atomic E-state index is 13.7. The number of hydrogen-bond acceptors (Lipinski definition) is 6. The number of carbonyl (C=O) groups is 2. The maximum Gasteiger partial charge on any atom is 0.418 e. The lowest BCUT2D eigenvalue weighted by molar-refractivity contribution is -0.134. The minimum absolute atomic E-state index is 0.212. The van der Waals surface area contributed by atoms with Crippen LogP contribution in [0, 0.1) is 0 Å². The van der Waals surface area contributed by atoms with Gasteiger partial charge < -0.3 is 14.5 Å². The van der Waals surface area contributed by atoms with Crippen LogP contribution in [-0.2, 0) is 11.2 Å². The smallest absolute Gasteiger partial charge is 0.410 e. The lowest BCUT2D eigenvalue weighted by atomic mass is 9.89. The third-order valence-electron chi connectivity index (χ3n) is 7.72. The summed E-state index contributed by atoms with van der Waals surface area (Å²) in [6, 6.07) is 13.8. The average molecular weight is 505 g/mol. The van der Waals surface area contributed by atoms with E-state index in [0.29, 0.717) is 16.9 Å². The zero-order chi connectivity index (χ0) is 24.5. The van der Waals surface area contributed by atoms with Crippen LogP contribution in [0.5, 0.6) is 5.75 Å². The summed E-state index contributed by atoms with van der Waals surface area (Å²) in [6.45, 7) is 4.15. The zero-order valence-electron chi connectivity index (χ0n) is 20.4. The maximum atomic E-state index is 13.7. The number of hydrogen-bond donors (Lipinski definition) is 1. The highest BCUT2D eigenvalue weighted by Gasteiger charge is 2.38. The van der Waals surface area contributed by atoms with Crippen molar-refractivity contribution in [3.05, 3.63) is 53.0 Å². The first-order chi connectivity index (χ1) is 17.6. The molecular weight excluding hydrogens is 472 g/mol. The molecule has 2 saturated heterocycles. The minimum Gasteiger partial charge on any atom is -0.410 e. The third-order valence-corrected chi connectivity index (χ3v) is 8.77. The van der Waals surface area contributed by atoms with E-state index in [1.54, 1.807) is 6.07 Å². The van der Waals surface area contributed by atoms with Crippen molar-refractivity contribution in [2.75, 3.05) is 31.5 Å². The van der Waals surface area contributed by atoms with E-state index in [1.807, 2.05) is 36.4 Å². The van der Waals surface area contributed by atoms with Gasteiger partial charge in [-0.05, 0) is 80.9 Å². The van der Waals surface area contributed by atoms with Gasteiger partial charge in [-0.25, -0.2) is 9.78 Å². The second kappa shape index (κ2) is 10.2. The number of nitrogens with zero attached hydrogens (tertiary/aromatic N) is 3. The van der Waals surface area contributed by atoms with Gasteiger partial charge in [0.2, 0.25) is 5.91 Å². The van der Waals surface area contributed by atoms with Gasteiger partial charge in [0.25, 0.3) is 0 Å². The van der Waals surface area contributed by atoms with Crippen LogP contribution in [0.1, 0.15) is 55.0 Å². The van der Waals surface area contributed by atoms with Crippen molar-refractivity contribution >= 4 is 39.2 Å². The lowest BCUT2D eigenvalue weighted by Gasteiger charge is -2.32. The molecule has 2 fully saturated rings. The quantitative estimate of drug-likeness (QED) is 0.503. The van der Waals surface area contributed by atoms with Gasteiger partial charge in [0.1, 0.15) is 5.75 Å². The summed E-state index contributed by atoms with van der Waals surface area (Å²) in [5.41, 5.74) is 0.851. The highest BCUT2D eigenvalue weighted by Crippen LogP contribution is 2.39. The van der Waals surface area contributed by atoms with Crippen LogP contribution in [0.25, 0.3) is 10.8 Å². The summed E-state index contributed by atoms with van der Waals surface area (Å²) in [7, 11) is 0. The number of aryl methyl sites for hydroxylation is 1. The molecule has 1 aliphatic carbocycles. The number of likely N-dealkylation sites (tertiary alicyclic amines) is 2. The molecule has 2 amide bonds. The molecule has 1 aromatic heterocycles. The summed E-state index contributed by atoms with van der Waals surface area (Å²) in [5, 5.41) is 5.40. The number of rotatable bonds is 5. The fourth-order valence-electron chi connectivity index (χ4n) is 5.94. The highest BCUT2D eigenvalue weighted by atomic mass is 32.1. The summed E-state index contributed by atoms with van der Waals surface area (Å²) >= 11 is 1.47. The predicted molar refractivity (Wildman–Crippen MR) is 142 cm³/mol. The van der Waals surface area contributed by atoms with Crippen molar-refractivity contribution in [2.45, 2.75) is 56.9 Å². The Hall–Kier alpha value is -2.97. The number of fused-ring (bicyclic) bond motifs is 2. The molecule has 6 rings (SSSR count). The highest BCUT2D eigenvalue weighted by molar-refractivity contribution is 7.15. The van der Waals surface area contributed by atoms with Gasteiger partial charge in [-0.1, -0.05) is 30.3 Å². The Morgan fingerprint density at radius 2 is 1.83 bits per heavy atom. The van der Waals surface area contributed by atoms with E-state index >= 15 is 0 Å². The van der Waals surface area contributed by atoms with Crippen molar-refractivity contribution in [1.29, 1.82) is 0 Å². The van der Waals surface area contributed by atoms with Crippen LogP contribution in [0.3, 0.4) is 0 Å². The van der Waals surface area contributed by atoms with Gasteiger partial charge in [-0.15, -0.1) is 11.3 Å². The molecule has 2 aliphatic heterocycles. The number of carbonyl (C=O) groups excluding carboxylic acids is 2. The standard InChI is InChI=1S/C28H32N4O3S/c33-26(32-16-6-9-21(32)18-31-14-3-4-15-31)23-10-5-11-24-25(23)29-27(36-24)30-28(34)35-22-13-12-19-7-1-2-8-20(19)17-22/h1-2,7-8,12-13,17,21,23H,3-6,9-11,14-16,18H2,(H,29,30,34). The number of anilines is 1. The van der Waals surface area contributed by atoms with Gasteiger partial charge in [0, 0.05) is 24.0 Å². The van der Waals surface area contributed by atoms with Crippen molar-refractivity contribution in [3.8, 4) is 5.75 Å². The molecule has 3 aliphatic rings. The Labute approximate surface area is 215 Å². The molecule has 1 N–H and O–H groups in total. The molecule has 2 aromatic carbocycles. The van der Waals surface area contributed by atoms with E-state index in [0.717, 1.165) is 79.6 Å². The van der Waals surface area contributed by atoms with Gasteiger partial charge >= 0.3 is 6.09 Å². The van der Waals surface area contributed by atoms with Crippen LogP contribution >= 0.6 is 11.3 Å². The molecule has 2 atom stereocenters. The molecule has 0 spiro atoms. The summed E-state index contributed by atoms with van der Waals surface area (Å²) in [5.74, 6) is 0.489. The lowest BCUT2D eigenvalue weighted by Crippen LogP contribution is -2.45. The topological polar surface area (TPSA) is 74.8 Å². The van der Waals surface area contributed by atoms with Gasteiger partial charge in [0.05, 0.1) is 11.6 Å². The molecule has 0 bridgehead atoms. The fraction of sp³-hybridized carbons (Fsp3) is 0.464. The first-order valence-corrected chi connectivity index (χ1v) is 14.0. The van der Waals surface area contributed by atoms with E-state index < -0.39 is 6.09 Å². The Morgan fingerprint density at radius 3 is 2.69 bits per heavy atom. The normalized spacial score (nSPS) is 22.1. The number of nitrogens with one attached hydrogen (secondary N) is 1. The monoisotopic (exact) mass is 504 g/mol. The second-order valence-corrected chi connectivity index (χ2v) is 11.2. The summed E-state index contributed by atoms with van der Waals surface area (Å²) < 4.78 is 5.53. The second-order valence-electron chi connectivity index (χ2n) is 10.1. The summed E-state index contributed by atoms with van der Waals surface area (Å²) in [6.07, 6.45) is 6.83. The fourth-order valence-corrected chi connectivity index (χ4v) is 6.99. The number of benzene rings is 2. The van der Waals surface area contributed by atoms with Crippen molar-refractivity contribution in [2.24, 2.45) is 0 Å². The Morgan fingerprint density at radius 1 is 1.00 bits per heavy atom. The molecule has 0 radical (unpaired) electrons. The average Bonchev–Trinajstić information content (AvgIpc) is 3.64. The number of thiazole rings is 1. The van der Waals surface area contributed by atoms with E-state index in [-0.39, 0.29) is 11.8 Å².